The quantitative estimate of drug-likeness (QED) is 0.822. The molecule has 0 aliphatic carbocycles. The third-order valence-electron chi connectivity index (χ3n) is 1.88. The molecule has 6 heteroatoms. The van der Waals surface area contributed by atoms with Crippen molar-refractivity contribution in [1.29, 1.82) is 0 Å². The third-order valence-corrected chi connectivity index (χ3v) is 2.20. The summed E-state index contributed by atoms with van der Waals surface area (Å²) in [7, 11) is 0. The number of benzene rings is 1. The van der Waals surface area contributed by atoms with E-state index in [2.05, 4.69) is 5.10 Å². The number of nitrogens with zero attached hydrogens (tertiary/aromatic N) is 2. The lowest BCUT2D eigenvalue weighted by Crippen LogP contribution is -2.13. The van der Waals surface area contributed by atoms with E-state index in [1.54, 1.807) is 31.2 Å². The van der Waals surface area contributed by atoms with Crippen molar-refractivity contribution < 1.29 is 9.15 Å². The molecule has 0 saturated carbocycles. The van der Waals surface area contributed by atoms with Crippen LogP contribution >= 0.6 is 11.6 Å². The van der Waals surface area contributed by atoms with Crippen LogP contribution in [0.5, 0.6) is 6.08 Å². The van der Waals surface area contributed by atoms with E-state index in [1.807, 2.05) is 0 Å². The summed E-state index contributed by atoms with van der Waals surface area (Å²) in [6.45, 7) is 2.15. The van der Waals surface area contributed by atoms with Crippen LogP contribution in [-0.2, 0) is 0 Å². The van der Waals surface area contributed by atoms with Gasteiger partial charge < -0.3 is 9.15 Å². The molecule has 0 radical (unpaired) electrons. The smallest absolute Gasteiger partial charge is 0.444 e. The SMILES string of the molecule is CCOc1nn(-c2ccccc2Cl)c(=O)o1. The van der Waals surface area contributed by atoms with Gasteiger partial charge in [-0.1, -0.05) is 28.8 Å². The molecule has 0 aliphatic heterocycles. The first kappa shape index (κ1) is 10.8. The van der Waals surface area contributed by atoms with Gasteiger partial charge in [-0.25, -0.2) is 4.79 Å². The Labute approximate surface area is 96.2 Å². The molecule has 0 amide bonds. The average molecular weight is 241 g/mol. The summed E-state index contributed by atoms with van der Waals surface area (Å²) in [4.78, 5) is 11.5. The van der Waals surface area contributed by atoms with E-state index in [1.165, 1.54) is 0 Å². The normalized spacial score (nSPS) is 10.4. The summed E-state index contributed by atoms with van der Waals surface area (Å²) in [5.41, 5.74) is 0.462. The van der Waals surface area contributed by atoms with Crippen LogP contribution in [0.1, 0.15) is 6.92 Å². The fraction of sp³-hybridized carbons (Fsp3) is 0.200. The predicted octanol–water partition coefficient (Wildman–Crippen LogP) is 1.88. The molecule has 0 fully saturated rings. The van der Waals surface area contributed by atoms with E-state index < -0.39 is 5.76 Å². The lowest BCUT2D eigenvalue weighted by molar-refractivity contribution is 0.238. The van der Waals surface area contributed by atoms with E-state index in [0.717, 1.165) is 4.68 Å². The summed E-state index contributed by atoms with van der Waals surface area (Å²) in [6.07, 6.45) is -0.0626. The standard InChI is InChI=1S/C10H9ClN2O3/c1-2-15-9-12-13(10(14)16-9)8-6-4-3-5-7(8)11/h3-6H,2H2,1H3. The Hall–Kier alpha value is -1.75. The highest BCUT2D eigenvalue weighted by molar-refractivity contribution is 6.32. The molecule has 0 unspecified atom stereocenters. The molecule has 84 valence electrons. The van der Waals surface area contributed by atoms with Crippen LogP contribution in [-0.4, -0.2) is 16.4 Å². The van der Waals surface area contributed by atoms with Gasteiger partial charge in [0, 0.05) is 0 Å². The van der Waals surface area contributed by atoms with Crippen LogP contribution in [0.2, 0.25) is 5.02 Å². The fourth-order valence-corrected chi connectivity index (χ4v) is 1.43. The largest absolute Gasteiger partial charge is 0.449 e. The zero-order valence-electron chi connectivity index (χ0n) is 8.51. The molecule has 1 aromatic heterocycles. The van der Waals surface area contributed by atoms with Crippen molar-refractivity contribution in [1.82, 2.24) is 9.78 Å². The van der Waals surface area contributed by atoms with Gasteiger partial charge in [-0.3, -0.25) is 0 Å². The molecule has 0 N–H and O–H groups in total. The maximum absolute atomic E-state index is 11.5. The van der Waals surface area contributed by atoms with Crippen LogP contribution in [0.3, 0.4) is 0 Å². The Kier molecular flexibility index (Phi) is 2.96. The molecule has 1 aromatic carbocycles. The van der Waals surface area contributed by atoms with Crippen LogP contribution in [0.15, 0.2) is 33.5 Å². The Balaban J connectivity index is 2.48. The van der Waals surface area contributed by atoms with E-state index in [4.69, 9.17) is 20.8 Å². The molecule has 0 spiro atoms. The first-order valence-corrected chi connectivity index (χ1v) is 5.08. The fourth-order valence-electron chi connectivity index (χ4n) is 1.22. The Morgan fingerprint density at radius 1 is 1.50 bits per heavy atom. The molecule has 16 heavy (non-hydrogen) atoms. The molecule has 1 heterocycles. The van der Waals surface area contributed by atoms with Gasteiger partial charge in [0.1, 0.15) is 0 Å². The van der Waals surface area contributed by atoms with Crippen molar-refractivity contribution in [2.24, 2.45) is 0 Å². The predicted molar refractivity (Wildman–Crippen MR) is 58.3 cm³/mol. The zero-order valence-corrected chi connectivity index (χ0v) is 9.27. The zero-order chi connectivity index (χ0) is 11.5. The molecule has 0 bridgehead atoms. The van der Waals surface area contributed by atoms with E-state index >= 15 is 0 Å². The summed E-state index contributed by atoms with van der Waals surface area (Å²) >= 11 is 5.93. The Morgan fingerprint density at radius 3 is 2.94 bits per heavy atom. The summed E-state index contributed by atoms with van der Waals surface area (Å²) in [5.74, 6) is -0.628. The second-order valence-electron chi connectivity index (χ2n) is 2.93. The summed E-state index contributed by atoms with van der Waals surface area (Å²) in [6, 6.07) is 6.85. The van der Waals surface area contributed by atoms with Gasteiger partial charge in [0.2, 0.25) is 0 Å². The highest BCUT2D eigenvalue weighted by Gasteiger charge is 2.12. The van der Waals surface area contributed by atoms with Gasteiger partial charge in [0.05, 0.1) is 17.3 Å². The third kappa shape index (κ3) is 1.94. The van der Waals surface area contributed by atoms with Crippen molar-refractivity contribution in [3.63, 3.8) is 0 Å². The highest BCUT2D eigenvalue weighted by Crippen LogP contribution is 2.18. The summed E-state index contributed by atoms with van der Waals surface area (Å²) in [5, 5.41) is 4.28. The number of hydrogen-bond donors (Lipinski definition) is 0. The van der Waals surface area contributed by atoms with Crippen molar-refractivity contribution >= 4 is 11.6 Å². The molecular formula is C10H9ClN2O3. The van der Waals surface area contributed by atoms with Gasteiger partial charge >= 0.3 is 11.8 Å². The summed E-state index contributed by atoms with van der Waals surface area (Å²) < 4.78 is 10.8. The number of aromatic nitrogens is 2. The minimum Gasteiger partial charge on any atom is -0.449 e. The van der Waals surface area contributed by atoms with E-state index in [0.29, 0.717) is 17.3 Å². The van der Waals surface area contributed by atoms with Crippen molar-refractivity contribution in [3.8, 4) is 11.8 Å². The topological polar surface area (TPSA) is 57.3 Å². The Bertz CT molecular complexity index is 547. The lowest BCUT2D eigenvalue weighted by Gasteiger charge is -1.99. The maximum atomic E-state index is 11.5. The number of hydrogen-bond acceptors (Lipinski definition) is 4. The van der Waals surface area contributed by atoms with Gasteiger partial charge in [0.25, 0.3) is 0 Å². The van der Waals surface area contributed by atoms with E-state index in [9.17, 15) is 4.79 Å². The molecule has 5 nitrogen and oxygen atoms in total. The van der Waals surface area contributed by atoms with Crippen LogP contribution < -0.4 is 10.5 Å². The monoisotopic (exact) mass is 240 g/mol. The van der Waals surface area contributed by atoms with Crippen molar-refractivity contribution in [3.05, 3.63) is 39.8 Å². The Morgan fingerprint density at radius 2 is 2.25 bits per heavy atom. The van der Waals surface area contributed by atoms with Gasteiger partial charge in [-0.2, -0.15) is 4.68 Å². The second-order valence-corrected chi connectivity index (χ2v) is 3.34. The van der Waals surface area contributed by atoms with Crippen molar-refractivity contribution in [2.75, 3.05) is 6.61 Å². The van der Waals surface area contributed by atoms with E-state index in [-0.39, 0.29) is 6.08 Å². The minimum atomic E-state index is -0.628. The molecule has 2 aromatic rings. The van der Waals surface area contributed by atoms with Gasteiger partial charge in [0.15, 0.2) is 0 Å². The maximum Gasteiger partial charge on any atom is 0.444 e. The first-order valence-electron chi connectivity index (χ1n) is 4.70. The molecule has 0 aliphatic rings. The highest BCUT2D eigenvalue weighted by atomic mass is 35.5. The minimum absolute atomic E-state index is 0.0626. The second kappa shape index (κ2) is 4.40. The van der Waals surface area contributed by atoms with Crippen LogP contribution in [0.4, 0.5) is 0 Å². The number of rotatable bonds is 3. The van der Waals surface area contributed by atoms with Crippen LogP contribution in [0.25, 0.3) is 5.69 Å². The average Bonchev–Trinajstić information content (AvgIpc) is 2.61. The van der Waals surface area contributed by atoms with Crippen LogP contribution in [0, 0.1) is 0 Å². The molecule has 2 rings (SSSR count). The van der Waals surface area contributed by atoms with Gasteiger partial charge in [-0.15, -0.1) is 0 Å². The van der Waals surface area contributed by atoms with Crippen molar-refractivity contribution in [2.45, 2.75) is 6.92 Å². The first-order chi connectivity index (χ1) is 7.72. The number of para-hydroxylation sites is 1. The lowest BCUT2D eigenvalue weighted by atomic mass is 10.3. The number of ether oxygens (including phenoxy) is 1. The molecular weight excluding hydrogens is 232 g/mol. The molecule has 0 atom stereocenters. The van der Waals surface area contributed by atoms with Gasteiger partial charge in [-0.05, 0) is 19.1 Å². The number of halogens is 1. The molecule has 0 saturated heterocycles.